The molecule has 19 heavy (non-hydrogen) atoms. The summed E-state index contributed by atoms with van der Waals surface area (Å²) in [5.41, 5.74) is 7.05. The molecule has 1 aromatic heterocycles. The van der Waals surface area contributed by atoms with Crippen molar-refractivity contribution in [3.63, 3.8) is 0 Å². The number of aryl methyl sites for hydroxylation is 1. The van der Waals surface area contributed by atoms with Crippen molar-refractivity contribution >= 4 is 11.7 Å². The van der Waals surface area contributed by atoms with Gasteiger partial charge in [-0.3, -0.25) is 9.89 Å². The zero-order valence-corrected chi connectivity index (χ0v) is 11.2. The Kier molecular flexibility index (Phi) is 3.18. The Labute approximate surface area is 112 Å². The molecule has 3 N–H and O–H groups in total. The van der Waals surface area contributed by atoms with Crippen LogP contribution < -0.4 is 5.73 Å². The van der Waals surface area contributed by atoms with Crippen molar-refractivity contribution in [3.8, 4) is 0 Å². The minimum absolute atomic E-state index is 0.0102. The van der Waals surface area contributed by atoms with Crippen LogP contribution in [-0.2, 0) is 4.74 Å². The number of aromatic amines is 1. The Bertz CT molecular complexity index is 463. The molecule has 2 aliphatic rings. The van der Waals surface area contributed by atoms with Crippen molar-refractivity contribution in [2.75, 3.05) is 18.9 Å². The number of nitrogens with zero attached hydrogens (tertiary/aromatic N) is 2. The fourth-order valence-electron chi connectivity index (χ4n) is 3.21. The van der Waals surface area contributed by atoms with Gasteiger partial charge in [0, 0.05) is 12.2 Å². The first-order valence-electron chi connectivity index (χ1n) is 6.91. The molecule has 2 heterocycles. The fourth-order valence-corrected chi connectivity index (χ4v) is 3.21. The number of anilines is 1. The topological polar surface area (TPSA) is 84.2 Å². The molecular formula is C13H20N4O2. The highest BCUT2D eigenvalue weighted by atomic mass is 16.5. The molecule has 6 nitrogen and oxygen atoms in total. The maximum atomic E-state index is 12.7. The molecule has 6 heteroatoms. The minimum Gasteiger partial charge on any atom is -0.382 e. The molecular weight excluding hydrogens is 244 g/mol. The van der Waals surface area contributed by atoms with E-state index in [1.54, 1.807) is 0 Å². The van der Waals surface area contributed by atoms with Crippen LogP contribution in [0.5, 0.6) is 0 Å². The maximum Gasteiger partial charge on any atom is 0.259 e. The van der Waals surface area contributed by atoms with Crippen LogP contribution in [0.2, 0.25) is 0 Å². The summed E-state index contributed by atoms with van der Waals surface area (Å²) >= 11 is 0. The van der Waals surface area contributed by atoms with Crippen LogP contribution in [0.4, 0.5) is 5.82 Å². The van der Waals surface area contributed by atoms with Crippen LogP contribution in [0.3, 0.4) is 0 Å². The molecule has 1 aliphatic heterocycles. The summed E-state index contributed by atoms with van der Waals surface area (Å²) in [6, 6.07) is 0.198. The van der Waals surface area contributed by atoms with E-state index in [4.69, 9.17) is 10.5 Å². The van der Waals surface area contributed by atoms with Crippen LogP contribution in [0.15, 0.2) is 0 Å². The number of carbonyl (C=O) groups is 1. The smallest absolute Gasteiger partial charge is 0.259 e. The van der Waals surface area contributed by atoms with Crippen LogP contribution in [0, 0.1) is 6.92 Å². The normalized spacial score (nSPS) is 27.1. The van der Waals surface area contributed by atoms with Crippen molar-refractivity contribution in [3.05, 3.63) is 11.3 Å². The summed E-state index contributed by atoms with van der Waals surface area (Å²) in [6.07, 6.45) is 4.62. The Morgan fingerprint density at radius 1 is 1.47 bits per heavy atom. The number of fused-ring (bicyclic) bond motifs is 1. The quantitative estimate of drug-likeness (QED) is 0.795. The highest BCUT2D eigenvalue weighted by Crippen LogP contribution is 2.30. The van der Waals surface area contributed by atoms with Crippen LogP contribution >= 0.6 is 0 Å². The van der Waals surface area contributed by atoms with Gasteiger partial charge in [0.25, 0.3) is 5.91 Å². The summed E-state index contributed by atoms with van der Waals surface area (Å²) in [5.74, 6) is 0.283. The maximum absolute atomic E-state index is 12.7. The summed E-state index contributed by atoms with van der Waals surface area (Å²) in [5, 5.41) is 6.69. The van der Waals surface area contributed by atoms with Gasteiger partial charge < -0.3 is 15.4 Å². The lowest BCUT2D eigenvalue weighted by atomic mass is 9.89. The highest BCUT2D eigenvalue weighted by Gasteiger charge is 2.38. The molecule has 2 atom stereocenters. The number of morpholine rings is 1. The van der Waals surface area contributed by atoms with Gasteiger partial charge in [0.2, 0.25) is 0 Å². The molecule has 1 amide bonds. The first kappa shape index (κ1) is 12.5. The molecule has 1 saturated heterocycles. The van der Waals surface area contributed by atoms with Crippen molar-refractivity contribution in [2.45, 2.75) is 44.8 Å². The number of nitrogen functional groups attached to an aromatic ring is 1. The van der Waals surface area contributed by atoms with E-state index < -0.39 is 0 Å². The Hall–Kier alpha value is -1.56. The molecule has 0 aromatic carbocycles. The lowest BCUT2D eigenvalue weighted by Crippen LogP contribution is -2.55. The van der Waals surface area contributed by atoms with Crippen molar-refractivity contribution < 1.29 is 9.53 Å². The van der Waals surface area contributed by atoms with E-state index in [-0.39, 0.29) is 18.1 Å². The third kappa shape index (κ3) is 2.10. The van der Waals surface area contributed by atoms with Gasteiger partial charge in [-0.05, 0) is 19.8 Å². The molecule has 0 radical (unpaired) electrons. The van der Waals surface area contributed by atoms with E-state index in [1.165, 1.54) is 6.42 Å². The van der Waals surface area contributed by atoms with Gasteiger partial charge in [-0.25, -0.2) is 0 Å². The van der Waals surface area contributed by atoms with E-state index in [0.717, 1.165) is 25.0 Å². The molecule has 2 fully saturated rings. The second-order valence-electron chi connectivity index (χ2n) is 5.37. The van der Waals surface area contributed by atoms with Gasteiger partial charge in [0.1, 0.15) is 5.56 Å². The average molecular weight is 264 g/mol. The average Bonchev–Trinajstić information content (AvgIpc) is 2.77. The minimum atomic E-state index is -0.0102. The molecule has 0 bridgehead atoms. The number of nitrogens with one attached hydrogen (secondary N) is 1. The monoisotopic (exact) mass is 264 g/mol. The van der Waals surface area contributed by atoms with Crippen LogP contribution in [-0.4, -0.2) is 46.3 Å². The standard InChI is InChI=1S/C13H20N4O2/c1-8-11(12(14)16-15-8)13(18)17-6-7-19-10-5-3-2-4-9(10)17/h9-10H,2-7H2,1H3,(H3,14,15,16). The van der Waals surface area contributed by atoms with Gasteiger partial charge in [-0.2, -0.15) is 5.10 Å². The number of H-pyrrole nitrogens is 1. The van der Waals surface area contributed by atoms with Crippen LogP contribution in [0.1, 0.15) is 41.7 Å². The van der Waals surface area contributed by atoms with E-state index in [2.05, 4.69) is 10.2 Å². The predicted octanol–water partition coefficient (Wildman–Crippen LogP) is 1.08. The van der Waals surface area contributed by atoms with Gasteiger partial charge in [-0.15, -0.1) is 0 Å². The van der Waals surface area contributed by atoms with Crippen molar-refractivity contribution in [1.82, 2.24) is 15.1 Å². The Balaban J connectivity index is 1.86. The molecule has 0 spiro atoms. The number of hydrogen-bond acceptors (Lipinski definition) is 4. The molecule has 1 saturated carbocycles. The number of ether oxygens (including phenoxy) is 1. The first-order valence-corrected chi connectivity index (χ1v) is 6.91. The number of hydrogen-bond donors (Lipinski definition) is 2. The van der Waals surface area contributed by atoms with Gasteiger partial charge in [0.05, 0.1) is 18.8 Å². The van der Waals surface area contributed by atoms with E-state index in [9.17, 15) is 4.79 Å². The zero-order valence-electron chi connectivity index (χ0n) is 11.2. The SMILES string of the molecule is Cc1[nH]nc(N)c1C(=O)N1CCOC2CCCCC21. The summed E-state index contributed by atoms with van der Waals surface area (Å²) in [7, 11) is 0. The Morgan fingerprint density at radius 3 is 3.00 bits per heavy atom. The first-order chi connectivity index (χ1) is 9.18. The number of rotatable bonds is 1. The Morgan fingerprint density at radius 2 is 2.26 bits per heavy atom. The van der Waals surface area contributed by atoms with Gasteiger partial charge >= 0.3 is 0 Å². The number of aromatic nitrogens is 2. The van der Waals surface area contributed by atoms with E-state index in [0.29, 0.717) is 24.5 Å². The third-order valence-corrected chi connectivity index (χ3v) is 4.18. The lowest BCUT2D eigenvalue weighted by Gasteiger charge is -2.43. The number of amides is 1. The summed E-state index contributed by atoms with van der Waals surface area (Å²) in [4.78, 5) is 14.6. The fraction of sp³-hybridized carbons (Fsp3) is 0.692. The van der Waals surface area contributed by atoms with E-state index >= 15 is 0 Å². The molecule has 2 unspecified atom stereocenters. The predicted molar refractivity (Wildman–Crippen MR) is 70.8 cm³/mol. The largest absolute Gasteiger partial charge is 0.382 e. The summed E-state index contributed by atoms with van der Waals surface area (Å²) < 4.78 is 5.79. The number of nitrogens with two attached hydrogens (primary N) is 1. The molecule has 1 aliphatic carbocycles. The second kappa shape index (κ2) is 4.85. The van der Waals surface area contributed by atoms with E-state index in [1.807, 2.05) is 11.8 Å². The van der Waals surface area contributed by atoms with Gasteiger partial charge in [-0.1, -0.05) is 12.8 Å². The second-order valence-corrected chi connectivity index (χ2v) is 5.37. The third-order valence-electron chi connectivity index (χ3n) is 4.18. The molecule has 104 valence electrons. The van der Waals surface area contributed by atoms with Gasteiger partial charge in [0.15, 0.2) is 5.82 Å². The van der Waals surface area contributed by atoms with Crippen molar-refractivity contribution in [1.29, 1.82) is 0 Å². The zero-order chi connectivity index (χ0) is 13.4. The number of carbonyl (C=O) groups excluding carboxylic acids is 1. The highest BCUT2D eigenvalue weighted by molar-refractivity contribution is 5.99. The van der Waals surface area contributed by atoms with Crippen molar-refractivity contribution in [2.24, 2.45) is 0 Å². The summed E-state index contributed by atoms with van der Waals surface area (Å²) in [6.45, 7) is 3.09. The van der Waals surface area contributed by atoms with Crippen LogP contribution in [0.25, 0.3) is 0 Å². The lowest BCUT2D eigenvalue weighted by molar-refractivity contribution is -0.0752. The molecule has 1 aromatic rings. The molecule has 3 rings (SSSR count).